The summed E-state index contributed by atoms with van der Waals surface area (Å²) in [6, 6.07) is 6.53. The van der Waals surface area contributed by atoms with Gasteiger partial charge in [0.2, 0.25) is 10.0 Å². The van der Waals surface area contributed by atoms with E-state index in [9.17, 15) is 8.42 Å². The molecule has 6 nitrogen and oxygen atoms in total. The van der Waals surface area contributed by atoms with Crippen molar-refractivity contribution in [3.05, 3.63) is 24.3 Å². The number of methoxy groups -OCH3 is 1. The first kappa shape index (κ1) is 14.9. The minimum absolute atomic E-state index is 0.0716. The van der Waals surface area contributed by atoms with Crippen molar-refractivity contribution in [3.63, 3.8) is 0 Å². The lowest BCUT2D eigenvalue weighted by Crippen LogP contribution is -2.39. The van der Waals surface area contributed by atoms with Gasteiger partial charge in [-0.15, -0.1) is 0 Å². The van der Waals surface area contributed by atoms with Gasteiger partial charge in [-0.3, -0.25) is 0 Å². The first-order valence-corrected chi connectivity index (χ1v) is 7.07. The Bertz CT molecular complexity index is 490. The maximum absolute atomic E-state index is 11.6. The van der Waals surface area contributed by atoms with Gasteiger partial charge < -0.3 is 15.4 Å². The number of nitrogens with zero attached hydrogens (tertiary/aromatic N) is 1. The fraction of sp³-hybridized carbons (Fsp3) is 0.455. The molecular formula is C11H19N3O3S. The number of sulfonamides is 1. The smallest absolute Gasteiger partial charge is 0.240 e. The van der Waals surface area contributed by atoms with Crippen LogP contribution in [0.2, 0.25) is 0 Å². The van der Waals surface area contributed by atoms with Gasteiger partial charge in [0.1, 0.15) is 11.1 Å². The normalized spacial score (nSPS) is 13.3. The van der Waals surface area contributed by atoms with Crippen molar-refractivity contribution in [1.82, 2.24) is 0 Å². The van der Waals surface area contributed by atoms with Crippen molar-refractivity contribution in [1.29, 1.82) is 0 Å². The molecule has 1 aromatic carbocycles. The molecule has 102 valence electrons. The highest BCUT2D eigenvalue weighted by molar-refractivity contribution is 7.89. The summed E-state index contributed by atoms with van der Waals surface area (Å²) in [6.45, 7) is 2.67. The minimum atomic E-state index is -3.78. The molecular weight excluding hydrogens is 254 g/mol. The van der Waals surface area contributed by atoms with Crippen LogP contribution < -0.4 is 15.8 Å². The van der Waals surface area contributed by atoms with Gasteiger partial charge in [-0.2, -0.15) is 0 Å². The molecule has 0 bridgehead atoms. The van der Waals surface area contributed by atoms with Crippen molar-refractivity contribution in [2.45, 2.75) is 18.0 Å². The lowest BCUT2D eigenvalue weighted by Gasteiger charge is -2.31. The topological polar surface area (TPSA) is 98.7 Å². The predicted molar refractivity (Wildman–Crippen MR) is 70.7 cm³/mol. The molecule has 0 aliphatic heterocycles. The Labute approximate surface area is 108 Å². The zero-order chi connectivity index (χ0) is 13.8. The molecule has 0 spiro atoms. The molecule has 7 heteroatoms. The monoisotopic (exact) mass is 273 g/mol. The number of hydrogen-bond donors (Lipinski definition) is 2. The third-order valence-electron chi connectivity index (χ3n) is 2.63. The van der Waals surface area contributed by atoms with Crippen LogP contribution in [0, 0.1) is 0 Å². The summed E-state index contributed by atoms with van der Waals surface area (Å²) in [5.74, 6) is 0. The molecule has 4 N–H and O–H groups in total. The molecule has 18 heavy (non-hydrogen) atoms. The van der Waals surface area contributed by atoms with E-state index in [1.54, 1.807) is 30.2 Å². The van der Waals surface area contributed by atoms with Crippen LogP contribution >= 0.6 is 0 Å². The van der Waals surface area contributed by atoms with E-state index in [1.165, 1.54) is 6.07 Å². The molecule has 0 saturated carbocycles. The average Bonchev–Trinajstić information content (AvgIpc) is 2.34. The largest absolute Gasteiger partial charge is 0.362 e. The molecule has 0 aliphatic rings. The number of para-hydroxylation sites is 1. The zero-order valence-corrected chi connectivity index (χ0v) is 11.4. The van der Waals surface area contributed by atoms with E-state index in [1.807, 2.05) is 6.92 Å². The van der Waals surface area contributed by atoms with Crippen LogP contribution in [-0.4, -0.2) is 34.8 Å². The van der Waals surface area contributed by atoms with Gasteiger partial charge in [-0.25, -0.2) is 13.6 Å². The van der Waals surface area contributed by atoms with Crippen molar-refractivity contribution < 1.29 is 13.2 Å². The molecule has 0 amide bonds. The second kappa shape index (κ2) is 6.14. The molecule has 0 fully saturated rings. The average molecular weight is 273 g/mol. The highest BCUT2D eigenvalue weighted by Crippen LogP contribution is 2.25. The van der Waals surface area contributed by atoms with E-state index in [-0.39, 0.29) is 11.1 Å². The molecule has 1 unspecified atom stereocenters. The maximum atomic E-state index is 11.6. The summed E-state index contributed by atoms with van der Waals surface area (Å²) >= 11 is 0. The lowest BCUT2D eigenvalue weighted by atomic mass is 10.2. The van der Waals surface area contributed by atoms with Crippen LogP contribution in [0.25, 0.3) is 0 Å². The number of rotatable bonds is 6. The van der Waals surface area contributed by atoms with Gasteiger partial charge in [0.25, 0.3) is 0 Å². The molecule has 1 atom stereocenters. The number of ether oxygens (including phenoxy) is 1. The highest BCUT2D eigenvalue weighted by atomic mass is 32.2. The van der Waals surface area contributed by atoms with E-state index in [0.717, 1.165) is 0 Å². The van der Waals surface area contributed by atoms with Gasteiger partial charge in [-0.05, 0) is 19.1 Å². The van der Waals surface area contributed by atoms with E-state index in [4.69, 9.17) is 15.6 Å². The number of hydrogen-bond acceptors (Lipinski definition) is 5. The van der Waals surface area contributed by atoms with Gasteiger partial charge >= 0.3 is 0 Å². The van der Waals surface area contributed by atoms with E-state index in [0.29, 0.717) is 18.8 Å². The van der Waals surface area contributed by atoms with Crippen LogP contribution in [0.15, 0.2) is 29.2 Å². The molecule has 0 aromatic heterocycles. The van der Waals surface area contributed by atoms with Gasteiger partial charge in [0.15, 0.2) is 0 Å². The fourth-order valence-corrected chi connectivity index (χ4v) is 2.44. The Balaban J connectivity index is 3.28. The Morgan fingerprint density at radius 1 is 1.39 bits per heavy atom. The molecule has 0 saturated heterocycles. The maximum Gasteiger partial charge on any atom is 0.240 e. The summed E-state index contributed by atoms with van der Waals surface area (Å²) in [6.07, 6.45) is -0.295. The van der Waals surface area contributed by atoms with Crippen LogP contribution in [0.1, 0.15) is 6.92 Å². The third kappa shape index (κ3) is 3.42. The Hall–Kier alpha value is -1.15. The molecule has 0 radical (unpaired) electrons. The van der Waals surface area contributed by atoms with E-state index < -0.39 is 10.0 Å². The van der Waals surface area contributed by atoms with Crippen LogP contribution in [0.5, 0.6) is 0 Å². The van der Waals surface area contributed by atoms with Crippen molar-refractivity contribution >= 4 is 15.7 Å². The molecule has 1 aromatic rings. The molecule has 1 rings (SSSR count). The number of nitrogens with two attached hydrogens (primary N) is 2. The Morgan fingerprint density at radius 3 is 2.50 bits per heavy atom. The minimum Gasteiger partial charge on any atom is -0.362 e. The molecule has 0 heterocycles. The second-order valence-electron chi connectivity index (χ2n) is 3.83. The van der Waals surface area contributed by atoms with Gasteiger partial charge in [0.05, 0.1) is 5.69 Å². The summed E-state index contributed by atoms with van der Waals surface area (Å²) in [5, 5.41) is 5.21. The van der Waals surface area contributed by atoms with Crippen molar-refractivity contribution in [2.75, 3.05) is 25.1 Å². The number of benzene rings is 1. The summed E-state index contributed by atoms with van der Waals surface area (Å²) in [7, 11) is -2.23. The SMILES string of the molecule is COC(C)N(CCN)c1ccccc1S(N)(=O)=O. The van der Waals surface area contributed by atoms with Crippen molar-refractivity contribution in [2.24, 2.45) is 10.9 Å². The standard InChI is InChI=1S/C11H19N3O3S/c1-9(17-2)14(8-7-12)10-5-3-4-6-11(10)18(13,15)16/h3-6,9H,7-8,12H2,1-2H3,(H2,13,15,16). The predicted octanol–water partition coefficient (Wildman–Crippen LogP) is 0.0915. The quantitative estimate of drug-likeness (QED) is 0.716. The highest BCUT2D eigenvalue weighted by Gasteiger charge is 2.21. The zero-order valence-electron chi connectivity index (χ0n) is 10.5. The number of anilines is 1. The molecule has 0 aliphatic carbocycles. The summed E-state index contributed by atoms with van der Waals surface area (Å²) in [4.78, 5) is 1.84. The van der Waals surface area contributed by atoms with E-state index >= 15 is 0 Å². The van der Waals surface area contributed by atoms with Crippen LogP contribution in [0.4, 0.5) is 5.69 Å². The second-order valence-corrected chi connectivity index (χ2v) is 5.36. The number of primary sulfonamides is 1. The van der Waals surface area contributed by atoms with Crippen LogP contribution in [-0.2, 0) is 14.8 Å². The first-order valence-electron chi connectivity index (χ1n) is 5.53. The van der Waals surface area contributed by atoms with Crippen molar-refractivity contribution in [3.8, 4) is 0 Å². The van der Waals surface area contributed by atoms with Gasteiger partial charge in [0, 0.05) is 20.2 Å². The van der Waals surface area contributed by atoms with E-state index in [2.05, 4.69) is 0 Å². The van der Waals surface area contributed by atoms with Crippen LogP contribution in [0.3, 0.4) is 0 Å². The summed E-state index contributed by atoms with van der Waals surface area (Å²) in [5.41, 5.74) is 6.04. The lowest BCUT2D eigenvalue weighted by molar-refractivity contribution is 0.114. The Morgan fingerprint density at radius 2 is 2.00 bits per heavy atom. The third-order valence-corrected chi connectivity index (χ3v) is 3.59. The Kier molecular flexibility index (Phi) is 5.09. The van der Waals surface area contributed by atoms with Gasteiger partial charge in [-0.1, -0.05) is 12.1 Å². The fourth-order valence-electron chi connectivity index (χ4n) is 1.70. The first-order chi connectivity index (χ1) is 8.41. The summed E-state index contributed by atoms with van der Waals surface area (Å²) < 4.78 is 28.3.